The first-order valence-corrected chi connectivity index (χ1v) is 8.07. The Morgan fingerprint density at radius 2 is 2.17 bits per heavy atom. The number of pyridine rings is 1. The Morgan fingerprint density at radius 1 is 1.30 bits per heavy atom. The number of aryl methyl sites for hydroxylation is 1. The number of anilines is 1. The SMILES string of the molecule is CCOC(=O)c1sc2ncnc(NCc3ccccn3)c2c1C. The Labute approximate surface area is 137 Å². The number of nitrogens with zero attached hydrogens (tertiary/aromatic N) is 3. The summed E-state index contributed by atoms with van der Waals surface area (Å²) in [7, 11) is 0. The van der Waals surface area contributed by atoms with Crippen molar-refractivity contribution in [2.24, 2.45) is 0 Å². The summed E-state index contributed by atoms with van der Waals surface area (Å²) in [4.78, 5) is 26.2. The molecule has 0 aliphatic rings. The van der Waals surface area contributed by atoms with Crippen LogP contribution in [0.5, 0.6) is 0 Å². The predicted molar refractivity (Wildman–Crippen MR) is 89.7 cm³/mol. The van der Waals surface area contributed by atoms with E-state index in [-0.39, 0.29) is 5.97 Å². The van der Waals surface area contributed by atoms with Crippen LogP contribution in [0.1, 0.15) is 27.9 Å². The highest BCUT2D eigenvalue weighted by Crippen LogP contribution is 2.33. The summed E-state index contributed by atoms with van der Waals surface area (Å²) in [5.41, 5.74) is 1.75. The van der Waals surface area contributed by atoms with Crippen LogP contribution < -0.4 is 5.32 Å². The highest BCUT2D eigenvalue weighted by Gasteiger charge is 2.20. The lowest BCUT2D eigenvalue weighted by molar-refractivity contribution is 0.0531. The average Bonchev–Trinajstić information content (AvgIpc) is 2.92. The molecule has 0 atom stereocenters. The number of thiophene rings is 1. The van der Waals surface area contributed by atoms with Crippen LogP contribution in [0.4, 0.5) is 5.82 Å². The standard InChI is InChI=1S/C16H16N4O2S/c1-3-22-16(21)13-10(2)12-14(19-9-20-15(12)23-13)18-8-11-6-4-5-7-17-11/h4-7,9H,3,8H2,1-2H3,(H,18,19,20). The monoisotopic (exact) mass is 328 g/mol. The summed E-state index contributed by atoms with van der Waals surface area (Å²) >= 11 is 1.33. The van der Waals surface area contributed by atoms with E-state index in [0.717, 1.165) is 21.5 Å². The fourth-order valence-electron chi connectivity index (χ4n) is 2.27. The van der Waals surface area contributed by atoms with Crippen molar-refractivity contribution in [1.82, 2.24) is 15.0 Å². The Bertz CT molecular complexity index is 833. The maximum Gasteiger partial charge on any atom is 0.348 e. The Morgan fingerprint density at radius 3 is 2.91 bits per heavy atom. The van der Waals surface area contributed by atoms with Crippen molar-refractivity contribution in [3.8, 4) is 0 Å². The molecule has 3 aromatic heterocycles. The molecule has 0 aromatic carbocycles. The van der Waals surface area contributed by atoms with Gasteiger partial charge in [0.05, 0.1) is 24.2 Å². The number of esters is 1. The molecule has 0 aliphatic heterocycles. The van der Waals surface area contributed by atoms with Crippen LogP contribution in [-0.4, -0.2) is 27.5 Å². The zero-order valence-electron chi connectivity index (χ0n) is 12.9. The van der Waals surface area contributed by atoms with Gasteiger partial charge in [-0.3, -0.25) is 4.98 Å². The van der Waals surface area contributed by atoms with Crippen LogP contribution in [0, 0.1) is 6.92 Å². The number of ether oxygens (including phenoxy) is 1. The number of carbonyl (C=O) groups is 1. The van der Waals surface area contributed by atoms with E-state index in [1.807, 2.05) is 25.1 Å². The summed E-state index contributed by atoms with van der Waals surface area (Å²) in [6.45, 7) is 4.58. The fourth-order valence-corrected chi connectivity index (χ4v) is 3.32. The topological polar surface area (TPSA) is 77.0 Å². The summed E-state index contributed by atoms with van der Waals surface area (Å²) in [6, 6.07) is 5.76. The molecule has 0 radical (unpaired) electrons. The number of aromatic nitrogens is 3. The lowest BCUT2D eigenvalue weighted by atomic mass is 10.2. The lowest BCUT2D eigenvalue weighted by Gasteiger charge is -2.06. The van der Waals surface area contributed by atoms with Crippen LogP contribution in [0.25, 0.3) is 10.2 Å². The molecule has 3 aromatic rings. The third-order valence-corrected chi connectivity index (χ3v) is 4.53. The molecule has 23 heavy (non-hydrogen) atoms. The van der Waals surface area contributed by atoms with Gasteiger partial charge in [0.2, 0.25) is 0 Å². The molecule has 0 fully saturated rings. The van der Waals surface area contributed by atoms with Crippen LogP contribution >= 0.6 is 11.3 Å². The maximum atomic E-state index is 12.0. The van der Waals surface area contributed by atoms with Gasteiger partial charge < -0.3 is 10.1 Å². The summed E-state index contributed by atoms with van der Waals surface area (Å²) in [6.07, 6.45) is 3.25. The van der Waals surface area contributed by atoms with Crippen molar-refractivity contribution < 1.29 is 9.53 Å². The third-order valence-electron chi connectivity index (χ3n) is 3.35. The molecule has 118 valence electrons. The van der Waals surface area contributed by atoms with E-state index in [2.05, 4.69) is 20.3 Å². The number of carbonyl (C=O) groups excluding carboxylic acids is 1. The van der Waals surface area contributed by atoms with Gasteiger partial charge in [0.1, 0.15) is 21.9 Å². The third kappa shape index (κ3) is 3.14. The molecule has 0 saturated heterocycles. The van der Waals surface area contributed by atoms with Gasteiger partial charge >= 0.3 is 5.97 Å². The van der Waals surface area contributed by atoms with E-state index >= 15 is 0 Å². The second kappa shape index (κ2) is 6.70. The van der Waals surface area contributed by atoms with Crippen LogP contribution in [0.15, 0.2) is 30.7 Å². The molecule has 0 saturated carbocycles. The maximum absolute atomic E-state index is 12.0. The Balaban J connectivity index is 1.93. The molecular formula is C16H16N4O2S. The van der Waals surface area contributed by atoms with Crippen LogP contribution in [0.3, 0.4) is 0 Å². The van der Waals surface area contributed by atoms with E-state index in [9.17, 15) is 4.79 Å². The molecular weight excluding hydrogens is 312 g/mol. The van der Waals surface area contributed by atoms with Crippen molar-refractivity contribution in [2.75, 3.05) is 11.9 Å². The first-order chi connectivity index (χ1) is 11.2. The number of nitrogens with one attached hydrogen (secondary N) is 1. The Kier molecular flexibility index (Phi) is 4.47. The second-order valence-electron chi connectivity index (χ2n) is 4.85. The normalized spacial score (nSPS) is 10.7. The Hall–Kier alpha value is -2.54. The van der Waals surface area contributed by atoms with Gasteiger partial charge in [0.25, 0.3) is 0 Å². The van der Waals surface area contributed by atoms with E-state index in [1.165, 1.54) is 17.7 Å². The fraction of sp³-hybridized carbons (Fsp3) is 0.250. The quantitative estimate of drug-likeness (QED) is 0.725. The minimum atomic E-state index is -0.316. The number of hydrogen-bond acceptors (Lipinski definition) is 7. The molecule has 0 aliphatic carbocycles. The molecule has 7 heteroatoms. The zero-order valence-corrected chi connectivity index (χ0v) is 13.7. The highest BCUT2D eigenvalue weighted by atomic mass is 32.1. The molecule has 0 unspecified atom stereocenters. The molecule has 0 spiro atoms. The van der Waals surface area contributed by atoms with Gasteiger partial charge in [-0.25, -0.2) is 14.8 Å². The number of fused-ring (bicyclic) bond motifs is 1. The number of hydrogen-bond donors (Lipinski definition) is 1. The molecule has 0 bridgehead atoms. The average molecular weight is 328 g/mol. The zero-order chi connectivity index (χ0) is 16.2. The molecule has 1 N–H and O–H groups in total. The molecule has 3 rings (SSSR count). The highest BCUT2D eigenvalue weighted by molar-refractivity contribution is 7.20. The van der Waals surface area contributed by atoms with Gasteiger partial charge in [-0.05, 0) is 31.5 Å². The number of rotatable bonds is 5. The van der Waals surface area contributed by atoms with Crippen molar-refractivity contribution in [2.45, 2.75) is 20.4 Å². The van der Waals surface area contributed by atoms with Crippen molar-refractivity contribution in [3.63, 3.8) is 0 Å². The minimum absolute atomic E-state index is 0.316. The first-order valence-electron chi connectivity index (χ1n) is 7.25. The van der Waals surface area contributed by atoms with Crippen LogP contribution in [-0.2, 0) is 11.3 Å². The van der Waals surface area contributed by atoms with Crippen molar-refractivity contribution in [3.05, 3.63) is 46.9 Å². The van der Waals surface area contributed by atoms with E-state index < -0.39 is 0 Å². The van der Waals surface area contributed by atoms with Gasteiger partial charge in [-0.1, -0.05) is 6.07 Å². The van der Waals surface area contributed by atoms with Gasteiger partial charge in [-0.2, -0.15) is 0 Å². The van der Waals surface area contributed by atoms with E-state index in [4.69, 9.17) is 4.74 Å². The smallest absolute Gasteiger partial charge is 0.348 e. The second-order valence-corrected chi connectivity index (χ2v) is 5.85. The summed E-state index contributed by atoms with van der Waals surface area (Å²) < 4.78 is 5.10. The predicted octanol–water partition coefficient (Wildman–Crippen LogP) is 3.18. The van der Waals surface area contributed by atoms with E-state index in [0.29, 0.717) is 23.8 Å². The van der Waals surface area contributed by atoms with Gasteiger partial charge in [0, 0.05) is 6.20 Å². The van der Waals surface area contributed by atoms with Crippen molar-refractivity contribution >= 4 is 33.3 Å². The summed E-state index contributed by atoms with van der Waals surface area (Å²) in [5.74, 6) is 0.383. The minimum Gasteiger partial charge on any atom is -0.462 e. The van der Waals surface area contributed by atoms with Crippen LogP contribution in [0.2, 0.25) is 0 Å². The van der Waals surface area contributed by atoms with Gasteiger partial charge in [0.15, 0.2) is 0 Å². The first kappa shape index (κ1) is 15.4. The molecule has 3 heterocycles. The summed E-state index contributed by atoms with van der Waals surface area (Å²) in [5, 5.41) is 4.13. The molecule has 0 amide bonds. The van der Waals surface area contributed by atoms with Gasteiger partial charge in [-0.15, -0.1) is 11.3 Å². The van der Waals surface area contributed by atoms with Crippen molar-refractivity contribution in [1.29, 1.82) is 0 Å². The lowest BCUT2D eigenvalue weighted by Crippen LogP contribution is -2.05. The van der Waals surface area contributed by atoms with E-state index in [1.54, 1.807) is 13.1 Å². The molecule has 6 nitrogen and oxygen atoms in total. The largest absolute Gasteiger partial charge is 0.462 e.